The van der Waals surface area contributed by atoms with E-state index >= 15 is 0 Å². The molecule has 1 heterocycles. The second kappa shape index (κ2) is 7.28. The van der Waals surface area contributed by atoms with Crippen molar-refractivity contribution >= 4 is 17.2 Å². The van der Waals surface area contributed by atoms with E-state index in [-0.39, 0.29) is 5.91 Å². The Balaban J connectivity index is 1.56. The van der Waals surface area contributed by atoms with Crippen molar-refractivity contribution < 1.29 is 4.79 Å². The molecule has 0 spiro atoms. The minimum Gasteiger partial charge on any atom is -0.350 e. The van der Waals surface area contributed by atoms with Crippen LogP contribution in [0.5, 0.6) is 0 Å². The molecule has 0 aliphatic heterocycles. The largest absolute Gasteiger partial charge is 0.350 e. The SMILES string of the molecule is Cc1ccc(CN(CC(=O)NCc2cccs2)C2CC2)cc1C. The molecule has 2 aromatic rings. The fourth-order valence-electron chi connectivity index (χ4n) is 2.73. The number of hydrogen-bond donors (Lipinski definition) is 1. The number of carbonyl (C=O) groups excluding carboxylic acids is 1. The monoisotopic (exact) mass is 328 g/mol. The Bertz CT molecular complexity index is 662. The Hall–Kier alpha value is -1.65. The first kappa shape index (κ1) is 16.2. The third-order valence-electron chi connectivity index (χ3n) is 4.41. The van der Waals surface area contributed by atoms with Gasteiger partial charge < -0.3 is 5.32 Å². The molecular weight excluding hydrogens is 304 g/mol. The summed E-state index contributed by atoms with van der Waals surface area (Å²) in [6, 6.07) is 11.2. The van der Waals surface area contributed by atoms with Crippen molar-refractivity contribution in [3.05, 3.63) is 57.3 Å². The Morgan fingerprint density at radius 2 is 2.09 bits per heavy atom. The van der Waals surface area contributed by atoms with Gasteiger partial charge in [0.25, 0.3) is 0 Å². The van der Waals surface area contributed by atoms with Gasteiger partial charge in [-0.15, -0.1) is 11.3 Å². The van der Waals surface area contributed by atoms with Crippen LogP contribution in [0.3, 0.4) is 0 Å². The highest BCUT2D eigenvalue weighted by atomic mass is 32.1. The van der Waals surface area contributed by atoms with Crippen molar-refractivity contribution in [1.29, 1.82) is 0 Å². The highest BCUT2D eigenvalue weighted by Crippen LogP contribution is 2.28. The average molecular weight is 328 g/mol. The maximum Gasteiger partial charge on any atom is 0.234 e. The number of nitrogens with zero attached hydrogens (tertiary/aromatic N) is 1. The van der Waals surface area contributed by atoms with E-state index in [0.717, 1.165) is 6.54 Å². The third-order valence-corrected chi connectivity index (χ3v) is 5.28. The van der Waals surface area contributed by atoms with Gasteiger partial charge in [0.15, 0.2) is 0 Å². The summed E-state index contributed by atoms with van der Waals surface area (Å²) < 4.78 is 0. The molecule has 1 aromatic heterocycles. The molecule has 0 radical (unpaired) electrons. The lowest BCUT2D eigenvalue weighted by Gasteiger charge is -2.22. The normalized spacial score (nSPS) is 14.2. The number of amides is 1. The molecular formula is C19H24N2OS. The lowest BCUT2D eigenvalue weighted by atomic mass is 10.1. The summed E-state index contributed by atoms with van der Waals surface area (Å²) in [6.07, 6.45) is 2.42. The van der Waals surface area contributed by atoms with Gasteiger partial charge in [-0.05, 0) is 54.8 Å². The van der Waals surface area contributed by atoms with Gasteiger partial charge in [0.1, 0.15) is 0 Å². The Morgan fingerprint density at radius 1 is 1.26 bits per heavy atom. The van der Waals surface area contributed by atoms with Crippen molar-refractivity contribution in [3.63, 3.8) is 0 Å². The standard InChI is InChI=1S/C19H24N2OS/c1-14-5-6-16(10-15(14)2)12-21(17-7-8-17)13-19(22)20-11-18-4-3-9-23-18/h3-6,9-10,17H,7-8,11-13H2,1-2H3,(H,20,22). The molecule has 1 amide bonds. The molecule has 23 heavy (non-hydrogen) atoms. The lowest BCUT2D eigenvalue weighted by Crippen LogP contribution is -2.37. The highest BCUT2D eigenvalue weighted by Gasteiger charge is 2.30. The van der Waals surface area contributed by atoms with Crippen LogP contribution >= 0.6 is 11.3 Å². The molecule has 3 rings (SSSR count). The van der Waals surface area contributed by atoms with Crippen molar-refractivity contribution in [2.45, 2.75) is 45.8 Å². The third kappa shape index (κ3) is 4.66. The number of carbonyl (C=O) groups is 1. The summed E-state index contributed by atoms with van der Waals surface area (Å²) in [5.41, 5.74) is 3.94. The summed E-state index contributed by atoms with van der Waals surface area (Å²) in [5, 5.41) is 5.07. The first-order valence-corrected chi connectivity index (χ1v) is 9.09. The maximum absolute atomic E-state index is 12.2. The second-order valence-corrected chi connectivity index (χ2v) is 7.44. The number of rotatable bonds is 7. The van der Waals surface area contributed by atoms with Crippen molar-refractivity contribution in [3.8, 4) is 0 Å². The van der Waals surface area contributed by atoms with Gasteiger partial charge in [-0.2, -0.15) is 0 Å². The lowest BCUT2D eigenvalue weighted by molar-refractivity contribution is -0.122. The van der Waals surface area contributed by atoms with Gasteiger partial charge in [-0.1, -0.05) is 24.3 Å². The summed E-state index contributed by atoms with van der Waals surface area (Å²) in [5.74, 6) is 0.120. The van der Waals surface area contributed by atoms with Gasteiger partial charge in [0.2, 0.25) is 5.91 Å². The Morgan fingerprint density at radius 3 is 2.74 bits per heavy atom. The van der Waals surface area contributed by atoms with E-state index < -0.39 is 0 Å². The molecule has 1 saturated carbocycles. The Kier molecular flexibility index (Phi) is 5.13. The molecule has 1 aliphatic carbocycles. The fourth-order valence-corrected chi connectivity index (χ4v) is 3.37. The Labute approximate surface area is 142 Å². The molecule has 122 valence electrons. The molecule has 0 atom stereocenters. The fraction of sp³-hybridized carbons (Fsp3) is 0.421. The molecule has 3 nitrogen and oxygen atoms in total. The molecule has 0 bridgehead atoms. The molecule has 1 aliphatic rings. The van der Waals surface area contributed by atoms with Crippen molar-refractivity contribution in [2.75, 3.05) is 6.54 Å². The van der Waals surface area contributed by atoms with E-state index in [9.17, 15) is 4.79 Å². The minimum atomic E-state index is 0.120. The zero-order chi connectivity index (χ0) is 16.2. The van der Waals surface area contributed by atoms with Crippen molar-refractivity contribution in [2.24, 2.45) is 0 Å². The smallest absolute Gasteiger partial charge is 0.234 e. The van der Waals surface area contributed by atoms with Crippen LogP contribution in [0.4, 0.5) is 0 Å². The summed E-state index contributed by atoms with van der Waals surface area (Å²) in [4.78, 5) is 15.8. The highest BCUT2D eigenvalue weighted by molar-refractivity contribution is 7.09. The average Bonchev–Trinajstić information content (AvgIpc) is 3.24. The van der Waals surface area contributed by atoms with E-state index in [2.05, 4.69) is 48.3 Å². The van der Waals surface area contributed by atoms with Crippen LogP contribution < -0.4 is 5.32 Å². The van der Waals surface area contributed by atoms with Crippen LogP contribution in [-0.2, 0) is 17.9 Å². The van der Waals surface area contributed by atoms with E-state index in [1.54, 1.807) is 11.3 Å². The quantitative estimate of drug-likeness (QED) is 0.841. The van der Waals surface area contributed by atoms with Gasteiger partial charge >= 0.3 is 0 Å². The van der Waals surface area contributed by atoms with E-state index in [1.165, 1.54) is 34.4 Å². The molecule has 1 N–H and O–H groups in total. The number of aryl methyl sites for hydroxylation is 2. The number of thiophene rings is 1. The van der Waals surface area contributed by atoms with Gasteiger partial charge in [0.05, 0.1) is 13.1 Å². The topological polar surface area (TPSA) is 32.3 Å². The maximum atomic E-state index is 12.2. The van der Waals surface area contributed by atoms with Gasteiger partial charge in [0, 0.05) is 17.5 Å². The van der Waals surface area contributed by atoms with Crippen LogP contribution in [0.2, 0.25) is 0 Å². The van der Waals surface area contributed by atoms with Crippen molar-refractivity contribution in [1.82, 2.24) is 10.2 Å². The van der Waals surface area contributed by atoms with Crippen LogP contribution in [0, 0.1) is 13.8 Å². The number of nitrogens with one attached hydrogen (secondary N) is 1. The summed E-state index contributed by atoms with van der Waals surface area (Å²) in [7, 11) is 0. The zero-order valence-corrected chi connectivity index (χ0v) is 14.7. The van der Waals surface area contributed by atoms with Crippen LogP contribution in [-0.4, -0.2) is 23.4 Å². The van der Waals surface area contributed by atoms with Gasteiger partial charge in [-0.3, -0.25) is 9.69 Å². The molecule has 1 fully saturated rings. The van der Waals surface area contributed by atoms with E-state index in [0.29, 0.717) is 19.1 Å². The van der Waals surface area contributed by atoms with E-state index in [4.69, 9.17) is 0 Å². The number of benzene rings is 1. The van der Waals surface area contributed by atoms with Crippen LogP contribution in [0.1, 0.15) is 34.4 Å². The zero-order valence-electron chi connectivity index (χ0n) is 13.8. The first-order chi connectivity index (χ1) is 11.1. The minimum absolute atomic E-state index is 0.120. The predicted octanol–water partition coefficient (Wildman–Crippen LogP) is 3.65. The first-order valence-electron chi connectivity index (χ1n) is 8.21. The summed E-state index contributed by atoms with van der Waals surface area (Å²) >= 11 is 1.68. The molecule has 1 aromatic carbocycles. The van der Waals surface area contributed by atoms with E-state index in [1.807, 2.05) is 11.4 Å². The second-order valence-electron chi connectivity index (χ2n) is 6.41. The van der Waals surface area contributed by atoms with Crippen LogP contribution in [0.15, 0.2) is 35.7 Å². The molecule has 0 saturated heterocycles. The number of hydrogen-bond acceptors (Lipinski definition) is 3. The van der Waals surface area contributed by atoms with Gasteiger partial charge in [-0.25, -0.2) is 0 Å². The van der Waals surface area contributed by atoms with Crippen LogP contribution in [0.25, 0.3) is 0 Å². The predicted molar refractivity (Wildman–Crippen MR) is 95.5 cm³/mol. The molecule has 0 unspecified atom stereocenters. The summed E-state index contributed by atoms with van der Waals surface area (Å²) in [6.45, 7) is 6.27. The molecule has 4 heteroatoms.